The molecule has 1 fully saturated rings. The zero-order valence-corrected chi connectivity index (χ0v) is 11.8. The van der Waals surface area contributed by atoms with Crippen LogP contribution in [0.1, 0.15) is 12.5 Å². The minimum Gasteiger partial charge on any atom is -0.481 e. The fourth-order valence-corrected chi connectivity index (χ4v) is 2.44. The SMILES string of the molecule is CC(CN1CCN(Cc2ccc(F)cc2)CC1)C(=O)O. The van der Waals surface area contributed by atoms with Gasteiger partial charge in [-0.15, -0.1) is 0 Å². The zero-order chi connectivity index (χ0) is 14.5. The predicted molar refractivity (Wildman–Crippen MR) is 74.9 cm³/mol. The van der Waals surface area contributed by atoms with Crippen molar-refractivity contribution >= 4 is 5.97 Å². The molecule has 5 heteroatoms. The Morgan fingerprint density at radius 3 is 2.30 bits per heavy atom. The van der Waals surface area contributed by atoms with Crippen LogP contribution in [0, 0.1) is 11.7 Å². The summed E-state index contributed by atoms with van der Waals surface area (Å²) in [6.07, 6.45) is 0. The molecular formula is C15H21FN2O2. The van der Waals surface area contributed by atoms with E-state index in [2.05, 4.69) is 9.80 Å². The Bertz CT molecular complexity index is 442. The number of piperazine rings is 1. The quantitative estimate of drug-likeness (QED) is 0.891. The minimum atomic E-state index is -0.737. The second-order valence-corrected chi connectivity index (χ2v) is 5.44. The fraction of sp³-hybridized carbons (Fsp3) is 0.533. The Kier molecular flexibility index (Phi) is 5.09. The first-order chi connectivity index (χ1) is 9.54. The number of carboxylic acids is 1. The van der Waals surface area contributed by atoms with Crippen molar-refractivity contribution in [3.8, 4) is 0 Å². The molecule has 0 aromatic heterocycles. The van der Waals surface area contributed by atoms with Gasteiger partial charge in [0.05, 0.1) is 5.92 Å². The smallest absolute Gasteiger partial charge is 0.307 e. The van der Waals surface area contributed by atoms with E-state index in [1.807, 2.05) is 12.1 Å². The average Bonchev–Trinajstić information content (AvgIpc) is 2.43. The van der Waals surface area contributed by atoms with E-state index >= 15 is 0 Å². The molecule has 20 heavy (non-hydrogen) atoms. The number of hydrogen-bond donors (Lipinski definition) is 1. The molecule has 1 unspecified atom stereocenters. The molecular weight excluding hydrogens is 259 g/mol. The summed E-state index contributed by atoms with van der Waals surface area (Å²) in [5, 5.41) is 8.91. The van der Waals surface area contributed by atoms with Crippen LogP contribution in [0.5, 0.6) is 0 Å². The normalized spacial score (nSPS) is 18.9. The largest absolute Gasteiger partial charge is 0.481 e. The van der Waals surface area contributed by atoms with E-state index in [-0.39, 0.29) is 11.7 Å². The number of hydrogen-bond acceptors (Lipinski definition) is 3. The van der Waals surface area contributed by atoms with Crippen LogP contribution >= 0.6 is 0 Å². The Hall–Kier alpha value is -1.46. The third-order valence-electron chi connectivity index (χ3n) is 3.74. The van der Waals surface area contributed by atoms with Crippen LogP contribution in [0.3, 0.4) is 0 Å². The minimum absolute atomic E-state index is 0.207. The number of carbonyl (C=O) groups is 1. The third-order valence-corrected chi connectivity index (χ3v) is 3.74. The van der Waals surface area contributed by atoms with Crippen molar-refractivity contribution in [3.05, 3.63) is 35.6 Å². The van der Waals surface area contributed by atoms with Gasteiger partial charge in [0.15, 0.2) is 0 Å². The van der Waals surface area contributed by atoms with E-state index in [4.69, 9.17) is 5.11 Å². The second-order valence-electron chi connectivity index (χ2n) is 5.44. The van der Waals surface area contributed by atoms with Crippen molar-refractivity contribution in [2.24, 2.45) is 5.92 Å². The van der Waals surface area contributed by atoms with Gasteiger partial charge in [-0.3, -0.25) is 14.6 Å². The maximum atomic E-state index is 12.8. The molecule has 1 aromatic carbocycles. The van der Waals surface area contributed by atoms with Gasteiger partial charge in [0.1, 0.15) is 5.82 Å². The van der Waals surface area contributed by atoms with Gasteiger partial charge in [0.25, 0.3) is 0 Å². The summed E-state index contributed by atoms with van der Waals surface area (Å²) >= 11 is 0. The van der Waals surface area contributed by atoms with Gasteiger partial charge < -0.3 is 5.11 Å². The van der Waals surface area contributed by atoms with Crippen LogP contribution in [-0.2, 0) is 11.3 Å². The molecule has 0 aliphatic carbocycles. The van der Waals surface area contributed by atoms with Crippen molar-refractivity contribution in [3.63, 3.8) is 0 Å². The van der Waals surface area contributed by atoms with E-state index in [1.54, 1.807) is 6.92 Å². The standard InChI is InChI=1S/C15H21FN2O2/c1-12(15(19)20)10-17-6-8-18(9-7-17)11-13-2-4-14(16)5-3-13/h2-5,12H,6-11H2,1H3,(H,19,20). The Morgan fingerprint density at radius 2 is 1.75 bits per heavy atom. The zero-order valence-electron chi connectivity index (χ0n) is 11.8. The molecule has 0 spiro atoms. The van der Waals surface area contributed by atoms with E-state index < -0.39 is 5.97 Å². The lowest BCUT2D eigenvalue weighted by Gasteiger charge is -2.35. The molecule has 0 bridgehead atoms. The average molecular weight is 280 g/mol. The topological polar surface area (TPSA) is 43.8 Å². The monoisotopic (exact) mass is 280 g/mol. The third kappa shape index (κ3) is 4.28. The van der Waals surface area contributed by atoms with Crippen LogP contribution in [0.25, 0.3) is 0 Å². The number of nitrogens with zero attached hydrogens (tertiary/aromatic N) is 2. The Morgan fingerprint density at radius 1 is 1.20 bits per heavy atom. The van der Waals surface area contributed by atoms with Crippen molar-refractivity contribution in [2.75, 3.05) is 32.7 Å². The highest BCUT2D eigenvalue weighted by Crippen LogP contribution is 2.11. The fourth-order valence-electron chi connectivity index (χ4n) is 2.44. The van der Waals surface area contributed by atoms with Gasteiger partial charge >= 0.3 is 5.97 Å². The summed E-state index contributed by atoms with van der Waals surface area (Å²) in [6, 6.07) is 6.60. The summed E-state index contributed by atoms with van der Waals surface area (Å²) in [6.45, 7) is 6.79. The van der Waals surface area contributed by atoms with E-state index in [9.17, 15) is 9.18 Å². The molecule has 1 N–H and O–H groups in total. The first-order valence-corrected chi connectivity index (χ1v) is 6.96. The van der Waals surface area contributed by atoms with Crippen LogP contribution in [0.15, 0.2) is 24.3 Å². The summed E-state index contributed by atoms with van der Waals surface area (Å²) < 4.78 is 12.8. The Labute approximate surface area is 118 Å². The molecule has 1 aliphatic rings. The summed E-state index contributed by atoms with van der Waals surface area (Å²) in [5.41, 5.74) is 1.11. The molecule has 1 aliphatic heterocycles. The van der Waals surface area contributed by atoms with Crippen molar-refractivity contribution < 1.29 is 14.3 Å². The van der Waals surface area contributed by atoms with Gasteiger partial charge in [0, 0.05) is 39.3 Å². The Balaban J connectivity index is 1.76. The number of halogens is 1. The number of carboxylic acid groups (broad SMARTS) is 1. The second kappa shape index (κ2) is 6.81. The van der Waals surface area contributed by atoms with Crippen molar-refractivity contribution in [1.29, 1.82) is 0 Å². The van der Waals surface area contributed by atoms with Gasteiger partial charge in [-0.1, -0.05) is 19.1 Å². The number of rotatable bonds is 5. The molecule has 1 aromatic rings. The molecule has 110 valence electrons. The summed E-state index contributed by atoms with van der Waals surface area (Å²) in [4.78, 5) is 15.3. The molecule has 1 heterocycles. The molecule has 0 radical (unpaired) electrons. The number of aliphatic carboxylic acids is 1. The van der Waals surface area contributed by atoms with E-state index in [0.717, 1.165) is 38.3 Å². The predicted octanol–water partition coefficient (Wildman–Crippen LogP) is 1.66. The lowest BCUT2D eigenvalue weighted by atomic mass is 10.1. The van der Waals surface area contributed by atoms with Gasteiger partial charge in [-0.2, -0.15) is 0 Å². The van der Waals surface area contributed by atoms with Crippen LogP contribution in [0.2, 0.25) is 0 Å². The summed E-state index contributed by atoms with van der Waals surface area (Å²) in [7, 11) is 0. The van der Waals surface area contributed by atoms with Crippen molar-refractivity contribution in [1.82, 2.24) is 9.80 Å². The molecule has 1 atom stereocenters. The van der Waals surface area contributed by atoms with Crippen LogP contribution in [0.4, 0.5) is 4.39 Å². The highest BCUT2D eigenvalue weighted by Gasteiger charge is 2.21. The van der Waals surface area contributed by atoms with Gasteiger partial charge in [-0.25, -0.2) is 4.39 Å². The van der Waals surface area contributed by atoms with Crippen molar-refractivity contribution in [2.45, 2.75) is 13.5 Å². The van der Waals surface area contributed by atoms with E-state index in [0.29, 0.717) is 6.54 Å². The van der Waals surface area contributed by atoms with Crippen LogP contribution < -0.4 is 0 Å². The highest BCUT2D eigenvalue weighted by molar-refractivity contribution is 5.69. The maximum Gasteiger partial charge on any atom is 0.307 e. The molecule has 2 rings (SSSR count). The molecule has 0 saturated carbocycles. The first kappa shape index (κ1) is 14.9. The van der Waals surface area contributed by atoms with Gasteiger partial charge in [-0.05, 0) is 17.7 Å². The molecule has 1 saturated heterocycles. The van der Waals surface area contributed by atoms with Gasteiger partial charge in [0.2, 0.25) is 0 Å². The highest BCUT2D eigenvalue weighted by atomic mass is 19.1. The lowest BCUT2D eigenvalue weighted by Crippen LogP contribution is -2.47. The van der Waals surface area contributed by atoms with Crippen LogP contribution in [-0.4, -0.2) is 53.6 Å². The summed E-state index contributed by atoms with van der Waals surface area (Å²) in [5.74, 6) is -1.27. The lowest BCUT2D eigenvalue weighted by molar-refractivity contribution is -0.141. The number of benzene rings is 1. The molecule has 4 nitrogen and oxygen atoms in total. The molecule has 0 amide bonds. The maximum absolute atomic E-state index is 12.8. The first-order valence-electron chi connectivity index (χ1n) is 6.96. The van der Waals surface area contributed by atoms with E-state index in [1.165, 1.54) is 12.1 Å².